The normalized spacial score (nSPS) is 18.0. The van der Waals surface area contributed by atoms with Gasteiger partial charge in [-0.25, -0.2) is 4.79 Å². The summed E-state index contributed by atoms with van der Waals surface area (Å²) < 4.78 is 10.1. The van der Waals surface area contributed by atoms with Crippen molar-refractivity contribution in [3.05, 3.63) is 35.9 Å². The van der Waals surface area contributed by atoms with Crippen molar-refractivity contribution in [2.75, 3.05) is 19.8 Å². The van der Waals surface area contributed by atoms with E-state index >= 15 is 0 Å². The average molecular weight is 418 g/mol. The molecule has 1 amide bonds. The number of carbonyl (C=O) groups excluding carboxylic acids is 4. The number of hydrogen-bond donors (Lipinski definition) is 1. The highest BCUT2D eigenvalue weighted by molar-refractivity contribution is 5.98. The summed E-state index contributed by atoms with van der Waals surface area (Å²) in [7, 11) is 0. The number of esters is 2. The van der Waals surface area contributed by atoms with Crippen LogP contribution in [0.3, 0.4) is 0 Å². The Hall–Kier alpha value is -2.74. The first-order valence-corrected chi connectivity index (χ1v) is 10.3. The Morgan fingerprint density at radius 2 is 1.80 bits per heavy atom. The number of nitrogens with zero attached hydrogens (tertiary/aromatic N) is 1. The largest absolute Gasteiger partial charge is 0.465 e. The van der Waals surface area contributed by atoms with Crippen LogP contribution in [0.15, 0.2) is 30.3 Å². The first-order valence-electron chi connectivity index (χ1n) is 10.3. The number of carbonyl (C=O) groups is 4. The molecule has 1 heterocycles. The molecule has 1 fully saturated rings. The third-order valence-electron chi connectivity index (χ3n) is 4.94. The summed E-state index contributed by atoms with van der Waals surface area (Å²) in [5.41, 5.74) is 1.07. The predicted octanol–water partition coefficient (Wildman–Crippen LogP) is 1.26. The van der Waals surface area contributed by atoms with E-state index in [4.69, 9.17) is 9.47 Å². The van der Waals surface area contributed by atoms with Gasteiger partial charge in [-0.1, -0.05) is 30.3 Å². The number of aryl methyl sites for hydroxylation is 1. The first kappa shape index (κ1) is 23.5. The molecule has 0 aromatic heterocycles. The van der Waals surface area contributed by atoms with Gasteiger partial charge in [0.25, 0.3) is 0 Å². The minimum Gasteiger partial charge on any atom is -0.465 e. The third kappa shape index (κ3) is 6.38. The van der Waals surface area contributed by atoms with E-state index in [9.17, 15) is 19.2 Å². The fourth-order valence-electron chi connectivity index (χ4n) is 3.46. The van der Waals surface area contributed by atoms with Crippen molar-refractivity contribution in [3.63, 3.8) is 0 Å². The second-order valence-corrected chi connectivity index (χ2v) is 7.19. The van der Waals surface area contributed by atoms with Crippen LogP contribution < -0.4 is 5.32 Å². The van der Waals surface area contributed by atoms with E-state index in [0.29, 0.717) is 12.8 Å². The zero-order valence-corrected chi connectivity index (χ0v) is 17.8. The van der Waals surface area contributed by atoms with Gasteiger partial charge in [-0.2, -0.15) is 0 Å². The van der Waals surface area contributed by atoms with Crippen molar-refractivity contribution < 1.29 is 28.7 Å². The molecule has 1 N–H and O–H groups in total. The predicted molar refractivity (Wildman–Crippen MR) is 110 cm³/mol. The maximum absolute atomic E-state index is 13.0. The van der Waals surface area contributed by atoms with Crippen molar-refractivity contribution in [3.8, 4) is 0 Å². The molecule has 0 radical (unpaired) electrons. The van der Waals surface area contributed by atoms with Crippen molar-refractivity contribution in [1.82, 2.24) is 10.2 Å². The van der Waals surface area contributed by atoms with Gasteiger partial charge in [0.1, 0.15) is 12.1 Å². The second kappa shape index (κ2) is 11.4. The van der Waals surface area contributed by atoms with Gasteiger partial charge in [0.05, 0.1) is 25.8 Å². The van der Waals surface area contributed by atoms with Gasteiger partial charge >= 0.3 is 11.9 Å². The number of ketones is 1. The van der Waals surface area contributed by atoms with Gasteiger partial charge in [0.2, 0.25) is 5.91 Å². The molecule has 0 spiro atoms. The van der Waals surface area contributed by atoms with E-state index in [2.05, 4.69) is 5.32 Å². The Bertz CT molecular complexity index is 751. The Balaban J connectivity index is 2.06. The smallest absolute Gasteiger partial charge is 0.329 e. The zero-order valence-electron chi connectivity index (χ0n) is 17.8. The summed E-state index contributed by atoms with van der Waals surface area (Å²) in [6, 6.07) is 7.32. The quantitative estimate of drug-likeness (QED) is 0.571. The molecule has 2 rings (SSSR count). The molecule has 1 saturated heterocycles. The number of likely N-dealkylation sites (tertiary alicyclic amines) is 1. The fraction of sp³-hybridized carbons (Fsp3) is 0.545. The van der Waals surface area contributed by atoms with E-state index in [-0.39, 0.29) is 32.0 Å². The molecule has 164 valence electrons. The molecule has 30 heavy (non-hydrogen) atoms. The van der Waals surface area contributed by atoms with Crippen molar-refractivity contribution >= 4 is 23.6 Å². The van der Waals surface area contributed by atoms with E-state index < -0.39 is 36.0 Å². The van der Waals surface area contributed by atoms with Gasteiger partial charge in [0, 0.05) is 6.42 Å². The summed E-state index contributed by atoms with van der Waals surface area (Å²) in [6.07, 6.45) is 1.03. The van der Waals surface area contributed by atoms with Crippen LogP contribution in [0.25, 0.3) is 0 Å². The highest BCUT2D eigenvalue weighted by Crippen LogP contribution is 2.18. The number of benzene rings is 1. The number of Topliss-reactive ketones (excluding diaryl/α,β-unsaturated/α-hetero) is 1. The van der Waals surface area contributed by atoms with E-state index in [0.717, 1.165) is 5.56 Å². The molecule has 1 aromatic rings. The molecule has 1 aromatic carbocycles. The number of ether oxygens (including phenoxy) is 2. The Kier molecular flexibility index (Phi) is 8.98. The maximum Gasteiger partial charge on any atom is 0.329 e. The van der Waals surface area contributed by atoms with Gasteiger partial charge < -0.3 is 14.4 Å². The molecule has 0 unspecified atom stereocenters. The number of hydrogen-bond acceptors (Lipinski definition) is 7. The van der Waals surface area contributed by atoms with Crippen LogP contribution in [0, 0.1) is 0 Å². The minimum atomic E-state index is -0.917. The molecule has 0 bridgehead atoms. The van der Waals surface area contributed by atoms with Crippen LogP contribution in [0.2, 0.25) is 0 Å². The summed E-state index contributed by atoms with van der Waals surface area (Å²) in [6.45, 7) is 5.27. The summed E-state index contributed by atoms with van der Waals surface area (Å²) in [4.78, 5) is 50.6. The molecule has 0 aliphatic carbocycles. The van der Waals surface area contributed by atoms with E-state index in [1.165, 1.54) is 4.90 Å². The highest BCUT2D eigenvalue weighted by atomic mass is 16.5. The zero-order chi connectivity index (χ0) is 22.1. The lowest BCUT2D eigenvalue weighted by atomic mass is 10.0. The monoisotopic (exact) mass is 418 g/mol. The van der Waals surface area contributed by atoms with E-state index in [1.807, 2.05) is 30.3 Å². The molecular formula is C22H30N2O6. The van der Waals surface area contributed by atoms with Gasteiger partial charge in [-0.05, 0) is 39.2 Å². The van der Waals surface area contributed by atoms with Crippen molar-refractivity contribution in [1.29, 1.82) is 0 Å². The highest BCUT2D eigenvalue weighted by Gasteiger charge is 2.41. The lowest BCUT2D eigenvalue weighted by Crippen LogP contribution is -2.53. The van der Waals surface area contributed by atoms with Crippen molar-refractivity contribution in [2.24, 2.45) is 0 Å². The Morgan fingerprint density at radius 1 is 1.13 bits per heavy atom. The van der Waals surface area contributed by atoms with Gasteiger partial charge in [-0.3, -0.25) is 19.7 Å². The summed E-state index contributed by atoms with van der Waals surface area (Å²) in [5.74, 6) is -1.64. The molecule has 1 aliphatic heterocycles. The molecule has 1 aliphatic rings. The van der Waals surface area contributed by atoms with Crippen LogP contribution in [0.1, 0.15) is 39.2 Å². The maximum atomic E-state index is 13.0. The fourth-order valence-corrected chi connectivity index (χ4v) is 3.46. The molecule has 8 heteroatoms. The van der Waals surface area contributed by atoms with Gasteiger partial charge in [-0.15, -0.1) is 0 Å². The van der Waals surface area contributed by atoms with Crippen LogP contribution >= 0.6 is 0 Å². The van der Waals surface area contributed by atoms with Crippen LogP contribution in [-0.2, 0) is 35.1 Å². The Labute approximate surface area is 176 Å². The summed E-state index contributed by atoms with van der Waals surface area (Å²) >= 11 is 0. The third-order valence-corrected chi connectivity index (χ3v) is 4.94. The topological polar surface area (TPSA) is 102 Å². The van der Waals surface area contributed by atoms with E-state index in [1.54, 1.807) is 20.8 Å². The molecular weight excluding hydrogens is 388 g/mol. The lowest BCUT2D eigenvalue weighted by Gasteiger charge is -2.28. The van der Waals surface area contributed by atoms with Crippen molar-refractivity contribution in [2.45, 2.75) is 58.2 Å². The first-order chi connectivity index (χ1) is 14.4. The minimum absolute atomic E-state index is 0.0490. The Morgan fingerprint density at radius 3 is 2.43 bits per heavy atom. The molecule has 3 atom stereocenters. The summed E-state index contributed by atoms with van der Waals surface area (Å²) in [5, 5.41) is 3.03. The lowest BCUT2D eigenvalue weighted by molar-refractivity contribution is -0.154. The number of nitrogens with one attached hydrogen (secondary N) is 1. The second-order valence-electron chi connectivity index (χ2n) is 7.19. The molecule has 0 saturated carbocycles. The number of rotatable bonds is 10. The standard InChI is InChI=1S/C22H30N2O6/c1-4-29-21(27)18(12-11-16-9-7-6-8-10-16)23-15(3)20(26)24-14-17(25)13-19(24)22(28)30-5-2/h6-10,15,18-19,23H,4-5,11-14H2,1-3H3/t15-,18-,19-/m0/s1. The van der Waals surface area contributed by atoms with Crippen LogP contribution in [0.5, 0.6) is 0 Å². The van der Waals surface area contributed by atoms with Crippen LogP contribution in [0.4, 0.5) is 0 Å². The average Bonchev–Trinajstić information content (AvgIpc) is 3.13. The van der Waals surface area contributed by atoms with Gasteiger partial charge in [0.15, 0.2) is 5.78 Å². The molecule has 8 nitrogen and oxygen atoms in total. The SMILES string of the molecule is CCOC(=O)[C@H](CCc1ccccc1)N[C@@H](C)C(=O)N1CC(=O)C[C@H]1C(=O)OCC. The number of amides is 1. The van der Waals surface area contributed by atoms with Crippen LogP contribution in [-0.4, -0.2) is 66.4 Å².